The van der Waals surface area contributed by atoms with Crippen molar-refractivity contribution >= 4 is 23.4 Å². The molecule has 1 saturated heterocycles. The van der Waals surface area contributed by atoms with Crippen LogP contribution in [0.3, 0.4) is 0 Å². The molecule has 2 N–H and O–H groups in total. The summed E-state index contributed by atoms with van der Waals surface area (Å²) in [6, 6.07) is 7.04. The third kappa shape index (κ3) is 4.21. The molecule has 1 aliphatic rings. The number of rotatable bonds is 5. The van der Waals surface area contributed by atoms with Crippen molar-refractivity contribution in [3.05, 3.63) is 54.7 Å². The molecule has 0 atom stereocenters. The Labute approximate surface area is 166 Å². The number of benzene rings is 1. The number of carboxylic acids is 1. The van der Waals surface area contributed by atoms with Gasteiger partial charge in [0.25, 0.3) is 0 Å². The van der Waals surface area contributed by atoms with Gasteiger partial charge in [-0.3, -0.25) is 9.78 Å². The van der Waals surface area contributed by atoms with Crippen molar-refractivity contribution in [1.82, 2.24) is 25.0 Å². The van der Waals surface area contributed by atoms with Crippen molar-refractivity contribution in [2.24, 2.45) is 5.92 Å². The van der Waals surface area contributed by atoms with Crippen LogP contribution in [0.5, 0.6) is 0 Å². The molecular formula is C19H19N7O3. The summed E-state index contributed by atoms with van der Waals surface area (Å²) in [4.78, 5) is 34.2. The summed E-state index contributed by atoms with van der Waals surface area (Å²) in [5.41, 5.74) is 1.09. The minimum atomic E-state index is -1.14. The number of amides is 1. The Balaban J connectivity index is 1.38. The van der Waals surface area contributed by atoms with E-state index in [1.165, 1.54) is 10.9 Å². The van der Waals surface area contributed by atoms with Gasteiger partial charge in [-0.05, 0) is 31.0 Å². The van der Waals surface area contributed by atoms with Gasteiger partial charge in [-0.1, -0.05) is 11.3 Å². The van der Waals surface area contributed by atoms with E-state index in [4.69, 9.17) is 5.11 Å². The minimum absolute atomic E-state index is 0.0363. The molecule has 10 heteroatoms. The highest BCUT2D eigenvalue weighted by Crippen LogP contribution is 2.23. The molecule has 0 saturated carbocycles. The van der Waals surface area contributed by atoms with E-state index in [9.17, 15) is 9.59 Å². The first-order valence-electron chi connectivity index (χ1n) is 9.18. The van der Waals surface area contributed by atoms with Gasteiger partial charge >= 0.3 is 5.97 Å². The van der Waals surface area contributed by atoms with E-state index in [0.717, 1.165) is 31.7 Å². The van der Waals surface area contributed by atoms with Crippen LogP contribution in [0.1, 0.15) is 23.3 Å². The van der Waals surface area contributed by atoms with Crippen LogP contribution in [-0.2, 0) is 4.79 Å². The molecule has 4 rings (SSSR count). The molecule has 0 spiro atoms. The second kappa shape index (κ2) is 8.05. The van der Waals surface area contributed by atoms with Gasteiger partial charge in [-0.15, -0.1) is 5.10 Å². The van der Waals surface area contributed by atoms with Gasteiger partial charge in [-0.25, -0.2) is 14.5 Å². The Kier molecular flexibility index (Phi) is 5.14. The van der Waals surface area contributed by atoms with Gasteiger partial charge in [0, 0.05) is 37.1 Å². The number of piperidine rings is 1. The lowest BCUT2D eigenvalue weighted by Gasteiger charge is -2.31. The second-order valence-corrected chi connectivity index (χ2v) is 6.72. The topological polar surface area (TPSA) is 126 Å². The third-order valence-corrected chi connectivity index (χ3v) is 4.83. The van der Waals surface area contributed by atoms with Crippen LogP contribution in [0.2, 0.25) is 0 Å². The summed E-state index contributed by atoms with van der Waals surface area (Å²) < 4.78 is 1.36. The van der Waals surface area contributed by atoms with E-state index in [-0.39, 0.29) is 17.5 Å². The van der Waals surface area contributed by atoms with Crippen LogP contribution in [0.15, 0.2) is 49.1 Å². The lowest BCUT2D eigenvalue weighted by Crippen LogP contribution is -2.38. The van der Waals surface area contributed by atoms with Crippen molar-refractivity contribution in [1.29, 1.82) is 0 Å². The van der Waals surface area contributed by atoms with Gasteiger partial charge in [0.15, 0.2) is 5.69 Å². The SMILES string of the molecule is O=C(O)c1cn(-c2cccc(NC(=O)C3CCN(c4cnccn4)CC3)c2)nn1. The van der Waals surface area contributed by atoms with Crippen molar-refractivity contribution in [3.8, 4) is 5.69 Å². The van der Waals surface area contributed by atoms with E-state index in [0.29, 0.717) is 11.4 Å². The Bertz CT molecular complexity index is 1010. The summed E-state index contributed by atoms with van der Waals surface area (Å²) >= 11 is 0. The average Bonchev–Trinajstić information content (AvgIpc) is 3.25. The number of carboxylic acid groups (broad SMARTS) is 1. The smallest absolute Gasteiger partial charge is 0.358 e. The van der Waals surface area contributed by atoms with Crippen molar-refractivity contribution < 1.29 is 14.7 Å². The molecule has 1 aromatic carbocycles. The lowest BCUT2D eigenvalue weighted by atomic mass is 9.96. The van der Waals surface area contributed by atoms with Crippen LogP contribution in [-0.4, -0.2) is 55.0 Å². The van der Waals surface area contributed by atoms with Gasteiger partial charge in [0.05, 0.1) is 18.1 Å². The molecule has 0 aliphatic carbocycles. The predicted molar refractivity (Wildman–Crippen MR) is 104 cm³/mol. The first-order valence-corrected chi connectivity index (χ1v) is 9.18. The molecular weight excluding hydrogens is 374 g/mol. The van der Waals surface area contributed by atoms with E-state index in [2.05, 4.69) is 30.5 Å². The van der Waals surface area contributed by atoms with Crippen molar-refractivity contribution in [3.63, 3.8) is 0 Å². The summed E-state index contributed by atoms with van der Waals surface area (Å²) in [5, 5.41) is 19.3. The van der Waals surface area contributed by atoms with E-state index in [1.54, 1.807) is 42.9 Å². The number of hydrogen-bond donors (Lipinski definition) is 2. The molecule has 3 heterocycles. The molecule has 0 radical (unpaired) electrons. The molecule has 10 nitrogen and oxygen atoms in total. The fourth-order valence-electron chi connectivity index (χ4n) is 3.28. The average molecular weight is 393 g/mol. The van der Waals surface area contributed by atoms with E-state index in [1.807, 2.05) is 0 Å². The molecule has 148 valence electrons. The maximum Gasteiger partial charge on any atom is 0.358 e. The minimum Gasteiger partial charge on any atom is -0.476 e. The highest BCUT2D eigenvalue weighted by molar-refractivity contribution is 5.93. The molecule has 1 amide bonds. The van der Waals surface area contributed by atoms with Crippen LogP contribution in [0.25, 0.3) is 5.69 Å². The second-order valence-electron chi connectivity index (χ2n) is 6.72. The third-order valence-electron chi connectivity index (χ3n) is 4.83. The monoisotopic (exact) mass is 393 g/mol. The zero-order chi connectivity index (χ0) is 20.2. The first kappa shape index (κ1) is 18.5. The molecule has 3 aromatic rings. The largest absolute Gasteiger partial charge is 0.476 e. The normalized spacial score (nSPS) is 14.6. The van der Waals surface area contributed by atoms with E-state index >= 15 is 0 Å². The molecule has 2 aromatic heterocycles. The molecule has 0 unspecified atom stereocenters. The fraction of sp³-hybridized carbons (Fsp3) is 0.263. The quantitative estimate of drug-likeness (QED) is 0.669. The standard InChI is InChI=1S/C19H19N7O3/c27-18(13-4-8-25(9-5-13)17-11-20-6-7-21-17)22-14-2-1-3-15(10-14)26-12-16(19(28)29)23-24-26/h1-3,6-7,10-13H,4-5,8-9H2,(H,22,27)(H,28,29). The van der Waals surface area contributed by atoms with Crippen molar-refractivity contribution in [2.75, 3.05) is 23.3 Å². The summed E-state index contributed by atoms with van der Waals surface area (Å²) in [6.07, 6.45) is 7.81. The Hall–Kier alpha value is -3.82. The maximum absolute atomic E-state index is 12.7. The molecule has 0 bridgehead atoms. The lowest BCUT2D eigenvalue weighted by molar-refractivity contribution is -0.120. The summed E-state index contributed by atoms with van der Waals surface area (Å²) in [5.74, 6) is -0.441. The van der Waals surface area contributed by atoms with Crippen LogP contribution in [0, 0.1) is 5.92 Å². The maximum atomic E-state index is 12.7. The molecule has 29 heavy (non-hydrogen) atoms. The highest BCUT2D eigenvalue weighted by Gasteiger charge is 2.25. The number of nitrogens with zero attached hydrogens (tertiary/aromatic N) is 6. The van der Waals surface area contributed by atoms with E-state index < -0.39 is 5.97 Å². The number of carbonyl (C=O) groups excluding carboxylic acids is 1. The number of carbonyl (C=O) groups is 2. The molecule has 1 aliphatic heterocycles. The van der Waals surface area contributed by atoms with Gasteiger partial charge < -0.3 is 15.3 Å². The van der Waals surface area contributed by atoms with Crippen LogP contribution >= 0.6 is 0 Å². The zero-order valence-corrected chi connectivity index (χ0v) is 15.5. The van der Waals surface area contributed by atoms with Gasteiger partial charge in [0.2, 0.25) is 5.91 Å². The van der Waals surface area contributed by atoms with Crippen LogP contribution in [0.4, 0.5) is 11.5 Å². The highest BCUT2D eigenvalue weighted by atomic mass is 16.4. The zero-order valence-electron chi connectivity index (χ0n) is 15.5. The first-order chi connectivity index (χ1) is 14.1. The summed E-state index contributed by atoms with van der Waals surface area (Å²) in [6.45, 7) is 1.49. The number of aromatic carboxylic acids is 1. The van der Waals surface area contributed by atoms with Crippen molar-refractivity contribution in [2.45, 2.75) is 12.8 Å². The Morgan fingerprint density at radius 1 is 1.17 bits per heavy atom. The van der Waals surface area contributed by atoms with Gasteiger partial charge in [0.1, 0.15) is 5.82 Å². The summed E-state index contributed by atoms with van der Waals surface area (Å²) in [7, 11) is 0. The molecule has 1 fully saturated rings. The Morgan fingerprint density at radius 3 is 2.69 bits per heavy atom. The number of hydrogen-bond acceptors (Lipinski definition) is 7. The fourth-order valence-corrected chi connectivity index (χ4v) is 3.28. The predicted octanol–water partition coefficient (Wildman–Crippen LogP) is 1.61. The van der Waals surface area contributed by atoms with Gasteiger partial charge in [-0.2, -0.15) is 0 Å². The number of anilines is 2. The van der Waals surface area contributed by atoms with Crippen LogP contribution < -0.4 is 10.2 Å². The Morgan fingerprint density at radius 2 is 2.00 bits per heavy atom. The number of nitrogens with one attached hydrogen (secondary N) is 1. The number of aromatic nitrogens is 5.